The Morgan fingerprint density at radius 2 is 1.88 bits per heavy atom. The lowest BCUT2D eigenvalue weighted by Crippen LogP contribution is -2.26. The van der Waals surface area contributed by atoms with Crippen LogP contribution in [-0.4, -0.2) is 33.0 Å². The summed E-state index contributed by atoms with van der Waals surface area (Å²) in [6.07, 6.45) is 0. The van der Waals surface area contributed by atoms with Gasteiger partial charge in [-0.1, -0.05) is 20.4 Å². The van der Waals surface area contributed by atoms with E-state index in [4.69, 9.17) is 0 Å². The van der Waals surface area contributed by atoms with E-state index in [1.165, 1.54) is 50.6 Å². The molecular weight excluding hydrogens is 415 g/mol. The summed E-state index contributed by atoms with van der Waals surface area (Å²) in [7, 11) is -1.25. The van der Waals surface area contributed by atoms with Gasteiger partial charge in [0.1, 0.15) is 5.82 Å². The number of amides is 1. The highest BCUT2D eigenvalue weighted by Gasteiger charge is 2.20. The Morgan fingerprint density at radius 1 is 1.24 bits per heavy atom. The fourth-order valence-electron chi connectivity index (χ4n) is 2.02. The number of nitrogens with zero attached hydrogens (tertiary/aromatic N) is 1. The minimum Gasteiger partial charge on any atom is -0.348 e. The SMILES string of the molecule is CON(C)S(=O)(=O)c1ccc(C(=O)NCc2cc(F)cc(Br)c2)cc1. The van der Waals surface area contributed by atoms with Gasteiger partial charge in [-0.25, -0.2) is 12.8 Å². The third kappa shape index (κ3) is 4.85. The lowest BCUT2D eigenvalue weighted by atomic mass is 10.2. The number of hydrogen-bond acceptors (Lipinski definition) is 4. The smallest absolute Gasteiger partial charge is 0.264 e. The van der Waals surface area contributed by atoms with Crippen LogP contribution < -0.4 is 5.32 Å². The maximum absolute atomic E-state index is 13.3. The zero-order valence-electron chi connectivity index (χ0n) is 13.5. The van der Waals surface area contributed by atoms with Gasteiger partial charge in [0, 0.05) is 23.6 Å². The molecule has 2 rings (SSSR count). The first kappa shape index (κ1) is 19.5. The van der Waals surface area contributed by atoms with Crippen molar-refractivity contribution in [1.82, 2.24) is 9.79 Å². The number of hydrogen-bond donors (Lipinski definition) is 1. The number of carbonyl (C=O) groups excluding carboxylic acids is 1. The Bertz CT molecular complexity index is 852. The van der Waals surface area contributed by atoms with Gasteiger partial charge in [-0.05, 0) is 48.0 Å². The first-order valence-corrected chi connectivity index (χ1v) is 9.33. The van der Waals surface area contributed by atoms with Crippen LogP contribution in [0.25, 0.3) is 0 Å². The average Bonchev–Trinajstić information content (AvgIpc) is 2.58. The molecule has 0 saturated heterocycles. The van der Waals surface area contributed by atoms with E-state index < -0.39 is 21.7 Å². The first-order valence-electron chi connectivity index (χ1n) is 7.10. The highest BCUT2D eigenvalue weighted by atomic mass is 79.9. The number of carbonyl (C=O) groups is 1. The molecular formula is C16H16BrFN2O4S. The fraction of sp³-hybridized carbons (Fsp3) is 0.188. The average molecular weight is 431 g/mol. The largest absolute Gasteiger partial charge is 0.348 e. The summed E-state index contributed by atoms with van der Waals surface area (Å²) < 4.78 is 38.8. The Balaban J connectivity index is 2.08. The molecule has 0 fully saturated rings. The van der Waals surface area contributed by atoms with Gasteiger partial charge in [0.05, 0.1) is 12.0 Å². The number of halogens is 2. The molecule has 134 valence electrons. The second kappa shape index (κ2) is 8.05. The second-order valence-electron chi connectivity index (χ2n) is 5.08. The van der Waals surface area contributed by atoms with E-state index in [9.17, 15) is 17.6 Å². The summed E-state index contributed by atoms with van der Waals surface area (Å²) in [5.41, 5.74) is 0.885. The van der Waals surface area contributed by atoms with Gasteiger partial charge in [0.15, 0.2) is 0 Å². The molecule has 2 aromatic carbocycles. The van der Waals surface area contributed by atoms with Crippen LogP contribution in [0.1, 0.15) is 15.9 Å². The molecule has 25 heavy (non-hydrogen) atoms. The van der Waals surface area contributed by atoms with Crippen LogP contribution in [0.2, 0.25) is 0 Å². The van der Waals surface area contributed by atoms with Crippen LogP contribution in [0.15, 0.2) is 51.8 Å². The molecule has 1 amide bonds. The summed E-state index contributed by atoms with van der Waals surface area (Å²) in [5, 5.41) is 2.65. The maximum Gasteiger partial charge on any atom is 0.264 e. The summed E-state index contributed by atoms with van der Waals surface area (Å²) in [6.45, 7) is 0.141. The molecule has 0 aliphatic heterocycles. The van der Waals surface area contributed by atoms with Crippen molar-refractivity contribution in [3.05, 3.63) is 63.9 Å². The van der Waals surface area contributed by atoms with Gasteiger partial charge in [-0.3, -0.25) is 9.63 Å². The normalized spacial score (nSPS) is 11.6. The van der Waals surface area contributed by atoms with Gasteiger partial charge >= 0.3 is 0 Å². The van der Waals surface area contributed by atoms with Crippen LogP contribution in [0.4, 0.5) is 4.39 Å². The van der Waals surface area contributed by atoms with Gasteiger partial charge in [0.25, 0.3) is 15.9 Å². The lowest BCUT2D eigenvalue weighted by molar-refractivity contribution is -0.0258. The number of sulfonamides is 1. The standard InChI is InChI=1S/C16H16BrFN2O4S/c1-20(24-2)25(22,23)15-5-3-12(4-6-15)16(21)19-10-11-7-13(17)9-14(18)8-11/h3-9H,10H2,1-2H3,(H,19,21). The van der Waals surface area contributed by atoms with E-state index in [2.05, 4.69) is 26.1 Å². The zero-order chi connectivity index (χ0) is 18.6. The third-order valence-corrected chi connectivity index (χ3v) is 5.54. The highest BCUT2D eigenvalue weighted by molar-refractivity contribution is 9.10. The Hall–Kier alpha value is -1.81. The zero-order valence-corrected chi connectivity index (χ0v) is 15.9. The van der Waals surface area contributed by atoms with E-state index in [0.29, 0.717) is 10.0 Å². The molecule has 0 aliphatic carbocycles. The van der Waals surface area contributed by atoms with Crippen LogP contribution in [-0.2, 0) is 21.4 Å². The number of nitrogens with one attached hydrogen (secondary N) is 1. The van der Waals surface area contributed by atoms with Crippen LogP contribution in [0.5, 0.6) is 0 Å². The summed E-state index contributed by atoms with van der Waals surface area (Å²) in [4.78, 5) is 16.8. The predicted octanol–water partition coefficient (Wildman–Crippen LogP) is 2.70. The van der Waals surface area contributed by atoms with Crippen molar-refractivity contribution in [2.75, 3.05) is 14.2 Å². The van der Waals surface area contributed by atoms with Crippen LogP contribution in [0.3, 0.4) is 0 Å². The second-order valence-corrected chi connectivity index (χ2v) is 7.93. The van der Waals surface area contributed by atoms with Gasteiger partial charge < -0.3 is 5.32 Å². The highest BCUT2D eigenvalue weighted by Crippen LogP contribution is 2.16. The Morgan fingerprint density at radius 3 is 2.44 bits per heavy atom. The fourth-order valence-corrected chi connectivity index (χ4v) is 3.51. The molecule has 0 spiro atoms. The summed E-state index contributed by atoms with van der Waals surface area (Å²) in [5.74, 6) is -0.806. The molecule has 0 unspecified atom stereocenters. The Labute approximate surface area is 153 Å². The molecule has 0 aromatic heterocycles. The lowest BCUT2D eigenvalue weighted by Gasteiger charge is -2.14. The van der Waals surface area contributed by atoms with Gasteiger partial charge in [-0.15, -0.1) is 0 Å². The molecule has 9 heteroatoms. The summed E-state index contributed by atoms with van der Waals surface area (Å²) >= 11 is 3.19. The van der Waals surface area contributed by atoms with E-state index in [1.807, 2.05) is 0 Å². The van der Waals surface area contributed by atoms with E-state index >= 15 is 0 Å². The minimum absolute atomic E-state index is 0.00228. The molecule has 0 saturated carbocycles. The quantitative estimate of drug-likeness (QED) is 0.714. The van der Waals surface area contributed by atoms with Crippen LogP contribution in [0, 0.1) is 5.82 Å². The molecule has 0 atom stereocenters. The van der Waals surface area contributed by atoms with Crippen molar-refractivity contribution in [3.8, 4) is 0 Å². The molecule has 2 aromatic rings. The molecule has 1 N–H and O–H groups in total. The third-order valence-electron chi connectivity index (χ3n) is 3.39. The molecule has 0 heterocycles. The van der Waals surface area contributed by atoms with Crippen molar-refractivity contribution in [2.24, 2.45) is 0 Å². The van der Waals surface area contributed by atoms with Crippen molar-refractivity contribution in [3.63, 3.8) is 0 Å². The van der Waals surface area contributed by atoms with Gasteiger partial charge in [-0.2, -0.15) is 0 Å². The van der Waals surface area contributed by atoms with Crippen molar-refractivity contribution in [2.45, 2.75) is 11.4 Å². The topological polar surface area (TPSA) is 75.7 Å². The number of benzene rings is 2. The molecule has 0 bridgehead atoms. The molecule has 0 aliphatic rings. The first-order chi connectivity index (χ1) is 11.7. The van der Waals surface area contributed by atoms with Gasteiger partial charge in [0.2, 0.25) is 0 Å². The van der Waals surface area contributed by atoms with Crippen molar-refractivity contribution in [1.29, 1.82) is 0 Å². The van der Waals surface area contributed by atoms with E-state index in [1.54, 1.807) is 6.07 Å². The van der Waals surface area contributed by atoms with Crippen LogP contribution >= 0.6 is 15.9 Å². The Kier molecular flexibility index (Phi) is 6.28. The molecule has 6 nitrogen and oxygen atoms in total. The number of rotatable bonds is 6. The molecule has 0 radical (unpaired) electrons. The predicted molar refractivity (Wildman–Crippen MR) is 93.7 cm³/mol. The summed E-state index contributed by atoms with van der Waals surface area (Å²) in [6, 6.07) is 9.76. The number of hydroxylamine groups is 1. The van der Waals surface area contributed by atoms with Crippen molar-refractivity contribution >= 4 is 31.9 Å². The monoisotopic (exact) mass is 430 g/mol. The van der Waals surface area contributed by atoms with E-state index in [-0.39, 0.29) is 17.0 Å². The minimum atomic E-state index is -3.76. The van der Waals surface area contributed by atoms with Crippen molar-refractivity contribution < 1.29 is 22.4 Å². The maximum atomic E-state index is 13.3. The van der Waals surface area contributed by atoms with E-state index in [0.717, 1.165) is 4.47 Å².